The molecular weight excluding hydrogens is 292 g/mol. The number of methoxy groups -OCH3 is 1. The third-order valence-corrected chi connectivity index (χ3v) is 3.95. The first-order chi connectivity index (χ1) is 10.2. The van der Waals surface area contributed by atoms with Gasteiger partial charge in [-0.1, -0.05) is 11.8 Å². The number of morpholine rings is 1. The van der Waals surface area contributed by atoms with E-state index in [2.05, 4.69) is 11.8 Å². The standard InChI is InChI=1S/C14H16N2O4S/c1-19-14(18)11-9-20-7-6-16(11)13(17)12-10(3-2-5-15)4-8-21-12/h4,8,11H,5-7,9,15H2,1H3. The zero-order chi connectivity index (χ0) is 15.2. The molecule has 7 heteroatoms. The Bertz CT molecular complexity index is 587. The SMILES string of the molecule is COC(=O)C1COCCN1C(=O)c1sccc1C#CCN. The Morgan fingerprint density at radius 3 is 3.14 bits per heavy atom. The molecule has 6 nitrogen and oxygen atoms in total. The van der Waals surface area contributed by atoms with Gasteiger partial charge in [0.15, 0.2) is 6.04 Å². The van der Waals surface area contributed by atoms with E-state index in [9.17, 15) is 9.59 Å². The topological polar surface area (TPSA) is 81.9 Å². The molecular formula is C14H16N2O4S. The molecule has 112 valence electrons. The lowest BCUT2D eigenvalue weighted by atomic mass is 10.2. The highest BCUT2D eigenvalue weighted by Gasteiger charge is 2.35. The summed E-state index contributed by atoms with van der Waals surface area (Å²) >= 11 is 1.30. The van der Waals surface area contributed by atoms with Crippen LogP contribution in [0.3, 0.4) is 0 Å². The smallest absolute Gasteiger partial charge is 0.331 e. The van der Waals surface area contributed by atoms with Crippen LogP contribution < -0.4 is 5.73 Å². The number of esters is 1. The van der Waals surface area contributed by atoms with Crippen molar-refractivity contribution in [3.8, 4) is 11.8 Å². The first-order valence-electron chi connectivity index (χ1n) is 6.42. The van der Waals surface area contributed by atoms with Crippen molar-refractivity contribution in [2.45, 2.75) is 6.04 Å². The van der Waals surface area contributed by atoms with E-state index in [0.29, 0.717) is 23.6 Å². The number of ether oxygens (including phenoxy) is 2. The third kappa shape index (κ3) is 3.42. The molecule has 2 N–H and O–H groups in total. The van der Waals surface area contributed by atoms with Crippen molar-refractivity contribution in [3.63, 3.8) is 0 Å². The van der Waals surface area contributed by atoms with Crippen LogP contribution in [0, 0.1) is 11.8 Å². The molecule has 1 atom stereocenters. The molecule has 1 aliphatic heterocycles. The van der Waals surface area contributed by atoms with Crippen LogP contribution in [0.2, 0.25) is 0 Å². The van der Waals surface area contributed by atoms with E-state index in [0.717, 1.165) is 0 Å². The first-order valence-corrected chi connectivity index (χ1v) is 7.30. The van der Waals surface area contributed by atoms with Crippen molar-refractivity contribution in [2.75, 3.05) is 33.4 Å². The summed E-state index contributed by atoms with van der Waals surface area (Å²) < 4.78 is 9.99. The summed E-state index contributed by atoms with van der Waals surface area (Å²) in [6.07, 6.45) is 0. The number of nitrogens with two attached hydrogens (primary N) is 1. The fourth-order valence-corrected chi connectivity index (χ4v) is 2.83. The van der Waals surface area contributed by atoms with Crippen LogP contribution in [-0.4, -0.2) is 56.2 Å². The molecule has 1 aliphatic rings. The summed E-state index contributed by atoms with van der Waals surface area (Å²) in [5.74, 6) is 4.89. The molecule has 1 aromatic rings. The summed E-state index contributed by atoms with van der Waals surface area (Å²) in [6, 6.07) is 1.06. The molecule has 2 rings (SSSR count). The Balaban J connectivity index is 2.25. The minimum Gasteiger partial charge on any atom is -0.467 e. The number of nitrogens with zero attached hydrogens (tertiary/aromatic N) is 1. The molecule has 21 heavy (non-hydrogen) atoms. The van der Waals surface area contributed by atoms with E-state index in [1.54, 1.807) is 11.4 Å². The van der Waals surface area contributed by atoms with Crippen LogP contribution in [0.1, 0.15) is 15.2 Å². The maximum absolute atomic E-state index is 12.6. The number of hydrogen-bond acceptors (Lipinski definition) is 6. The van der Waals surface area contributed by atoms with Crippen LogP contribution >= 0.6 is 11.3 Å². The van der Waals surface area contributed by atoms with Gasteiger partial charge in [0.25, 0.3) is 5.91 Å². The van der Waals surface area contributed by atoms with Gasteiger partial charge in [-0.05, 0) is 11.4 Å². The molecule has 1 unspecified atom stereocenters. The Labute approximate surface area is 126 Å². The van der Waals surface area contributed by atoms with E-state index in [-0.39, 0.29) is 19.1 Å². The van der Waals surface area contributed by atoms with Crippen LogP contribution in [0.5, 0.6) is 0 Å². The lowest BCUT2D eigenvalue weighted by molar-refractivity contribution is -0.151. The van der Waals surface area contributed by atoms with Crippen molar-refractivity contribution in [3.05, 3.63) is 21.9 Å². The van der Waals surface area contributed by atoms with Gasteiger partial charge in [-0.15, -0.1) is 11.3 Å². The van der Waals surface area contributed by atoms with E-state index < -0.39 is 12.0 Å². The van der Waals surface area contributed by atoms with Gasteiger partial charge >= 0.3 is 5.97 Å². The normalized spacial score (nSPS) is 17.8. The molecule has 0 radical (unpaired) electrons. The largest absolute Gasteiger partial charge is 0.467 e. The molecule has 1 amide bonds. The van der Waals surface area contributed by atoms with Gasteiger partial charge in [0.1, 0.15) is 4.88 Å². The second kappa shape index (κ2) is 7.22. The van der Waals surface area contributed by atoms with E-state index in [1.807, 2.05) is 0 Å². The Morgan fingerprint density at radius 1 is 1.62 bits per heavy atom. The second-order valence-electron chi connectivity index (χ2n) is 4.28. The van der Waals surface area contributed by atoms with Gasteiger partial charge in [0.05, 0.1) is 26.9 Å². The number of rotatable bonds is 2. The molecule has 0 aromatic carbocycles. The monoisotopic (exact) mass is 308 g/mol. The fourth-order valence-electron chi connectivity index (χ4n) is 2.03. The highest BCUT2D eigenvalue weighted by atomic mass is 32.1. The maximum Gasteiger partial charge on any atom is 0.331 e. The highest BCUT2D eigenvalue weighted by Crippen LogP contribution is 2.21. The van der Waals surface area contributed by atoms with Gasteiger partial charge in [-0.3, -0.25) is 4.79 Å². The third-order valence-electron chi connectivity index (χ3n) is 3.05. The summed E-state index contributed by atoms with van der Waals surface area (Å²) in [7, 11) is 1.29. The predicted molar refractivity (Wildman–Crippen MR) is 77.9 cm³/mol. The van der Waals surface area contributed by atoms with Crippen molar-refractivity contribution >= 4 is 23.2 Å². The molecule has 0 bridgehead atoms. The molecule has 0 saturated carbocycles. The number of thiophene rings is 1. The van der Waals surface area contributed by atoms with Gasteiger partial charge in [0, 0.05) is 12.1 Å². The van der Waals surface area contributed by atoms with Crippen LogP contribution in [-0.2, 0) is 14.3 Å². The molecule has 2 heterocycles. The fraction of sp³-hybridized carbons (Fsp3) is 0.429. The van der Waals surface area contributed by atoms with Crippen molar-refractivity contribution in [2.24, 2.45) is 5.73 Å². The first kappa shape index (κ1) is 15.5. The van der Waals surface area contributed by atoms with Crippen LogP contribution in [0.4, 0.5) is 0 Å². The van der Waals surface area contributed by atoms with Gasteiger partial charge in [-0.25, -0.2) is 4.79 Å². The lowest BCUT2D eigenvalue weighted by Gasteiger charge is -2.33. The van der Waals surface area contributed by atoms with E-state index >= 15 is 0 Å². The average molecular weight is 308 g/mol. The zero-order valence-electron chi connectivity index (χ0n) is 11.6. The molecule has 0 spiro atoms. The lowest BCUT2D eigenvalue weighted by Crippen LogP contribution is -2.53. The maximum atomic E-state index is 12.6. The molecule has 1 fully saturated rings. The van der Waals surface area contributed by atoms with E-state index in [1.165, 1.54) is 23.3 Å². The van der Waals surface area contributed by atoms with E-state index in [4.69, 9.17) is 15.2 Å². The predicted octanol–water partition coefficient (Wildman–Crippen LogP) is 0.0723. The Morgan fingerprint density at radius 2 is 2.43 bits per heavy atom. The van der Waals surface area contributed by atoms with Gasteiger partial charge in [0.2, 0.25) is 0 Å². The van der Waals surface area contributed by atoms with Crippen LogP contribution in [0.15, 0.2) is 11.4 Å². The number of carbonyl (C=O) groups is 2. The van der Waals surface area contributed by atoms with Crippen molar-refractivity contribution < 1.29 is 19.1 Å². The quantitative estimate of drug-likeness (QED) is 0.618. The van der Waals surface area contributed by atoms with Crippen molar-refractivity contribution in [1.29, 1.82) is 0 Å². The minimum atomic E-state index is -0.714. The Kier molecular flexibility index (Phi) is 5.33. The zero-order valence-corrected chi connectivity index (χ0v) is 12.4. The Hall–Kier alpha value is -1.88. The van der Waals surface area contributed by atoms with Crippen molar-refractivity contribution in [1.82, 2.24) is 4.90 Å². The number of amides is 1. The summed E-state index contributed by atoms with van der Waals surface area (Å²) in [5.41, 5.74) is 5.98. The average Bonchev–Trinajstić information content (AvgIpc) is 2.99. The second-order valence-corrected chi connectivity index (χ2v) is 5.20. The van der Waals surface area contributed by atoms with Gasteiger partial charge < -0.3 is 20.1 Å². The minimum absolute atomic E-state index is 0.146. The summed E-state index contributed by atoms with van der Waals surface area (Å²) in [4.78, 5) is 26.4. The molecule has 1 saturated heterocycles. The number of hydrogen-bond donors (Lipinski definition) is 1. The number of carbonyl (C=O) groups excluding carboxylic acids is 2. The summed E-state index contributed by atoms with van der Waals surface area (Å²) in [5, 5.41) is 1.79. The molecule has 0 aliphatic carbocycles. The van der Waals surface area contributed by atoms with Crippen LogP contribution in [0.25, 0.3) is 0 Å². The van der Waals surface area contributed by atoms with Gasteiger partial charge in [-0.2, -0.15) is 0 Å². The summed E-state index contributed by atoms with van der Waals surface area (Å²) in [6.45, 7) is 1.12. The highest BCUT2D eigenvalue weighted by molar-refractivity contribution is 7.12. The molecule has 1 aromatic heterocycles.